The summed E-state index contributed by atoms with van der Waals surface area (Å²) in [6.07, 6.45) is 7.50. The normalized spacial score (nSPS) is 36.0. The van der Waals surface area contributed by atoms with E-state index in [9.17, 15) is 9.59 Å². The molecule has 0 aliphatic heterocycles. The summed E-state index contributed by atoms with van der Waals surface area (Å²) in [5.74, 6) is 0.952. The van der Waals surface area contributed by atoms with Crippen molar-refractivity contribution in [3.05, 3.63) is 33.7 Å². The van der Waals surface area contributed by atoms with Crippen LogP contribution in [0.15, 0.2) is 22.4 Å². The van der Waals surface area contributed by atoms with E-state index in [0.717, 1.165) is 32.1 Å². The molecule has 2 heterocycles. The first-order valence-corrected chi connectivity index (χ1v) is 10.0. The Balaban J connectivity index is 1.36. The first-order chi connectivity index (χ1) is 11.9. The molecule has 4 saturated carbocycles. The predicted molar refractivity (Wildman–Crippen MR) is 94.8 cm³/mol. The zero-order chi connectivity index (χ0) is 17.2. The molecule has 0 amide bonds. The molecule has 4 aliphatic rings. The molecule has 2 aromatic heterocycles. The fourth-order valence-corrected chi connectivity index (χ4v) is 7.07. The standard InChI is InChI=1S/C18H19ClN2O3S/c19-18-7-11-3-12(8-18)6-17(5-11,10-18)15(23)24-9-13-4-14(22)21-1-2-25-16(21)20-13/h1-2,4,11-12H,3,5-10H2/t11-,12+,17?,18?. The Labute approximate surface area is 154 Å². The second-order valence-corrected chi connectivity index (χ2v) is 9.78. The van der Waals surface area contributed by atoms with Gasteiger partial charge in [-0.15, -0.1) is 22.9 Å². The van der Waals surface area contributed by atoms with Crippen LogP contribution in [0.4, 0.5) is 0 Å². The van der Waals surface area contributed by atoms with Gasteiger partial charge in [-0.05, 0) is 50.4 Å². The van der Waals surface area contributed by atoms with Crippen LogP contribution in [-0.4, -0.2) is 20.2 Å². The summed E-state index contributed by atoms with van der Waals surface area (Å²) in [7, 11) is 0. The highest BCUT2D eigenvalue weighted by Crippen LogP contribution is 2.64. The van der Waals surface area contributed by atoms with Gasteiger partial charge in [0.1, 0.15) is 6.61 Å². The number of nitrogens with zero attached hydrogens (tertiary/aromatic N) is 2. The summed E-state index contributed by atoms with van der Waals surface area (Å²) in [4.78, 5) is 29.8. The molecule has 0 spiro atoms. The molecule has 25 heavy (non-hydrogen) atoms. The van der Waals surface area contributed by atoms with Crippen molar-refractivity contribution in [1.82, 2.24) is 9.38 Å². The lowest BCUT2D eigenvalue weighted by atomic mass is 9.49. The maximum Gasteiger partial charge on any atom is 0.312 e. The van der Waals surface area contributed by atoms with Crippen molar-refractivity contribution < 1.29 is 9.53 Å². The van der Waals surface area contributed by atoms with Gasteiger partial charge in [0.15, 0.2) is 4.96 Å². The average molecular weight is 379 g/mol. The van der Waals surface area contributed by atoms with Gasteiger partial charge in [0, 0.05) is 22.5 Å². The summed E-state index contributed by atoms with van der Waals surface area (Å²) >= 11 is 8.18. The molecular weight excluding hydrogens is 360 g/mol. The van der Waals surface area contributed by atoms with Crippen LogP contribution in [-0.2, 0) is 16.1 Å². The lowest BCUT2D eigenvalue weighted by molar-refractivity contribution is -0.171. The number of fused-ring (bicyclic) bond motifs is 1. The Morgan fingerprint density at radius 3 is 2.84 bits per heavy atom. The number of halogens is 1. The van der Waals surface area contributed by atoms with Crippen molar-refractivity contribution in [2.75, 3.05) is 0 Å². The van der Waals surface area contributed by atoms with Gasteiger partial charge in [0.05, 0.1) is 11.1 Å². The maximum atomic E-state index is 12.9. The lowest BCUT2D eigenvalue weighted by Crippen LogP contribution is -2.56. The zero-order valence-corrected chi connectivity index (χ0v) is 15.3. The molecule has 0 aromatic carbocycles. The minimum absolute atomic E-state index is 0.0504. The van der Waals surface area contributed by atoms with Gasteiger partial charge >= 0.3 is 5.97 Å². The number of esters is 1. The van der Waals surface area contributed by atoms with E-state index in [0.29, 0.717) is 22.5 Å². The highest BCUT2D eigenvalue weighted by Gasteiger charge is 2.60. The molecule has 2 unspecified atom stereocenters. The molecule has 7 heteroatoms. The number of carbonyl (C=O) groups excluding carboxylic acids is 1. The Morgan fingerprint density at radius 2 is 2.12 bits per heavy atom. The van der Waals surface area contributed by atoms with Gasteiger partial charge in [-0.2, -0.15) is 0 Å². The molecule has 0 saturated heterocycles. The summed E-state index contributed by atoms with van der Waals surface area (Å²) in [6.45, 7) is 0.0504. The van der Waals surface area contributed by atoms with Crippen LogP contribution in [0.3, 0.4) is 0 Å². The van der Waals surface area contributed by atoms with E-state index in [2.05, 4.69) is 4.98 Å². The number of alkyl halides is 1. The van der Waals surface area contributed by atoms with Gasteiger partial charge < -0.3 is 4.74 Å². The Morgan fingerprint density at radius 1 is 1.36 bits per heavy atom. The van der Waals surface area contributed by atoms with Gasteiger partial charge in [0.2, 0.25) is 0 Å². The van der Waals surface area contributed by atoms with Gasteiger partial charge in [-0.25, -0.2) is 4.98 Å². The van der Waals surface area contributed by atoms with Gasteiger partial charge in [-0.1, -0.05) is 0 Å². The highest BCUT2D eigenvalue weighted by molar-refractivity contribution is 7.15. The first-order valence-electron chi connectivity index (χ1n) is 8.77. The van der Waals surface area contributed by atoms with E-state index >= 15 is 0 Å². The summed E-state index contributed by atoms with van der Waals surface area (Å²) in [5.41, 5.74) is -0.0635. The smallest absolute Gasteiger partial charge is 0.312 e. The van der Waals surface area contributed by atoms with Crippen LogP contribution in [0.2, 0.25) is 0 Å². The Bertz CT molecular complexity index is 906. The van der Waals surface area contributed by atoms with E-state index in [1.807, 2.05) is 5.38 Å². The largest absolute Gasteiger partial charge is 0.459 e. The number of rotatable bonds is 3. The monoisotopic (exact) mass is 378 g/mol. The average Bonchev–Trinajstić information content (AvgIpc) is 2.99. The SMILES string of the molecule is O=C(OCc1cc(=O)n2ccsc2n1)C12C[C@@H]3C[C@@H](CC(Cl)(C3)C1)C2. The molecular formula is C18H19ClN2O3S. The minimum atomic E-state index is -0.423. The third-order valence-electron chi connectivity index (χ3n) is 6.13. The number of hydrogen-bond donors (Lipinski definition) is 0. The van der Waals surface area contributed by atoms with E-state index < -0.39 is 5.41 Å². The van der Waals surface area contributed by atoms with Gasteiger partial charge in [0.25, 0.3) is 5.56 Å². The molecule has 4 atom stereocenters. The minimum Gasteiger partial charge on any atom is -0.459 e. The van der Waals surface area contributed by atoms with E-state index in [-0.39, 0.29) is 23.0 Å². The molecule has 0 radical (unpaired) electrons. The lowest BCUT2D eigenvalue weighted by Gasteiger charge is -2.58. The van der Waals surface area contributed by atoms with E-state index in [1.165, 1.54) is 28.2 Å². The molecule has 6 rings (SSSR count). The van der Waals surface area contributed by atoms with Crippen LogP contribution in [0.1, 0.15) is 44.2 Å². The third-order valence-corrected chi connectivity index (χ3v) is 7.33. The quantitative estimate of drug-likeness (QED) is 0.606. The Hall–Kier alpha value is -1.40. The van der Waals surface area contributed by atoms with Crippen LogP contribution in [0.5, 0.6) is 0 Å². The second kappa shape index (κ2) is 5.30. The molecule has 4 aliphatic carbocycles. The molecule has 4 fully saturated rings. The molecule has 2 aromatic rings. The number of hydrogen-bond acceptors (Lipinski definition) is 5. The number of carbonyl (C=O) groups is 1. The maximum absolute atomic E-state index is 12.9. The second-order valence-electron chi connectivity index (χ2n) is 8.11. The van der Waals surface area contributed by atoms with Crippen molar-refractivity contribution in [1.29, 1.82) is 0 Å². The van der Waals surface area contributed by atoms with E-state index in [1.54, 1.807) is 6.20 Å². The number of thiazole rings is 1. The summed E-state index contributed by atoms with van der Waals surface area (Å²) in [6, 6.07) is 1.44. The van der Waals surface area contributed by atoms with Crippen molar-refractivity contribution in [3.8, 4) is 0 Å². The topological polar surface area (TPSA) is 60.7 Å². The Kier molecular flexibility index (Phi) is 3.36. The molecule has 132 valence electrons. The van der Waals surface area contributed by atoms with Crippen LogP contribution < -0.4 is 5.56 Å². The molecule has 0 N–H and O–H groups in total. The molecule has 5 nitrogen and oxygen atoms in total. The van der Waals surface area contributed by atoms with Crippen LogP contribution in [0, 0.1) is 17.3 Å². The number of ether oxygens (including phenoxy) is 1. The molecule has 4 bridgehead atoms. The zero-order valence-electron chi connectivity index (χ0n) is 13.7. The predicted octanol–water partition coefficient (Wildman–Crippen LogP) is 3.38. The van der Waals surface area contributed by atoms with Crippen molar-refractivity contribution >= 4 is 33.9 Å². The summed E-state index contributed by atoms with van der Waals surface area (Å²) < 4.78 is 7.13. The van der Waals surface area contributed by atoms with Crippen molar-refractivity contribution in [3.63, 3.8) is 0 Å². The summed E-state index contributed by atoms with van der Waals surface area (Å²) in [5, 5.41) is 1.81. The highest BCUT2D eigenvalue weighted by atomic mass is 35.5. The van der Waals surface area contributed by atoms with Crippen LogP contribution in [0.25, 0.3) is 4.96 Å². The van der Waals surface area contributed by atoms with Crippen molar-refractivity contribution in [2.24, 2.45) is 17.3 Å². The first kappa shape index (κ1) is 15.8. The van der Waals surface area contributed by atoms with Gasteiger partial charge in [-0.3, -0.25) is 14.0 Å². The fraction of sp³-hybridized carbons (Fsp3) is 0.611. The number of aromatic nitrogens is 2. The third kappa shape index (κ3) is 2.53. The fourth-order valence-electron chi connectivity index (χ4n) is 5.64. The van der Waals surface area contributed by atoms with E-state index in [4.69, 9.17) is 16.3 Å². The van der Waals surface area contributed by atoms with Crippen LogP contribution >= 0.6 is 22.9 Å². The van der Waals surface area contributed by atoms with Crippen molar-refractivity contribution in [2.45, 2.75) is 50.0 Å².